The number of hydrogen-bond acceptors (Lipinski definition) is 5. The monoisotopic (exact) mass is 471 g/mol. The van der Waals surface area contributed by atoms with Crippen LogP contribution in [0.15, 0.2) is 69.5 Å². The normalized spacial score (nSPS) is 10.8. The van der Waals surface area contributed by atoms with Gasteiger partial charge in [-0.3, -0.25) is 9.59 Å². The number of nitrogens with one attached hydrogen (secondary N) is 2. The van der Waals surface area contributed by atoms with Crippen molar-refractivity contribution in [1.82, 2.24) is 10.3 Å². The molecule has 7 nitrogen and oxygen atoms in total. The number of carbonyl (C=O) groups is 2. The third kappa shape index (κ3) is 6.06. The van der Waals surface area contributed by atoms with E-state index in [1.807, 2.05) is 43.3 Å². The molecule has 0 aliphatic rings. The van der Waals surface area contributed by atoms with E-state index in [2.05, 4.69) is 27.8 Å². The highest BCUT2D eigenvalue weighted by molar-refractivity contribution is 6.06. The van der Waals surface area contributed by atoms with Crippen LogP contribution >= 0.6 is 0 Å². The van der Waals surface area contributed by atoms with Gasteiger partial charge in [0.1, 0.15) is 23.0 Å². The van der Waals surface area contributed by atoms with Gasteiger partial charge in [0.15, 0.2) is 0 Å². The molecule has 2 aromatic carbocycles. The number of furan rings is 1. The summed E-state index contributed by atoms with van der Waals surface area (Å²) in [5.74, 6) is 1.95. The van der Waals surface area contributed by atoms with Crippen molar-refractivity contribution in [3.05, 3.63) is 94.8 Å². The number of nitrogens with zero attached hydrogens (tertiary/aromatic N) is 1. The van der Waals surface area contributed by atoms with Gasteiger partial charge in [0.05, 0.1) is 23.4 Å². The van der Waals surface area contributed by atoms with E-state index in [4.69, 9.17) is 8.83 Å². The number of carbonyl (C=O) groups excluding carboxylic acids is 2. The molecule has 2 aromatic heterocycles. The molecule has 2 N–H and O–H groups in total. The first kappa shape index (κ1) is 24.0. The van der Waals surface area contributed by atoms with E-state index >= 15 is 0 Å². The van der Waals surface area contributed by atoms with Gasteiger partial charge >= 0.3 is 0 Å². The molecular weight excluding hydrogens is 442 g/mol. The second kappa shape index (κ2) is 10.9. The van der Waals surface area contributed by atoms with Crippen LogP contribution in [-0.2, 0) is 17.8 Å². The van der Waals surface area contributed by atoms with E-state index < -0.39 is 0 Å². The Balaban J connectivity index is 1.38. The highest BCUT2D eigenvalue weighted by atomic mass is 16.4. The van der Waals surface area contributed by atoms with Crippen molar-refractivity contribution in [2.75, 3.05) is 5.32 Å². The predicted octanol–water partition coefficient (Wildman–Crippen LogP) is 5.75. The molecule has 0 atom stereocenters. The minimum absolute atomic E-state index is 0.0247. The molecule has 0 bridgehead atoms. The van der Waals surface area contributed by atoms with Crippen LogP contribution in [0.5, 0.6) is 0 Å². The summed E-state index contributed by atoms with van der Waals surface area (Å²) in [6.07, 6.45) is 2.09. The fourth-order valence-electron chi connectivity index (χ4n) is 3.90. The number of amides is 2. The second-order valence-electron chi connectivity index (χ2n) is 8.46. The molecule has 0 aliphatic heterocycles. The maximum absolute atomic E-state index is 12.8. The first-order chi connectivity index (χ1) is 16.9. The smallest absolute Gasteiger partial charge is 0.259 e. The van der Waals surface area contributed by atoms with Gasteiger partial charge in [-0.2, -0.15) is 0 Å². The van der Waals surface area contributed by atoms with Gasteiger partial charge in [-0.05, 0) is 57.4 Å². The molecule has 35 heavy (non-hydrogen) atoms. The maximum Gasteiger partial charge on any atom is 0.259 e. The van der Waals surface area contributed by atoms with Crippen LogP contribution in [0, 0.1) is 20.8 Å². The van der Waals surface area contributed by atoms with Gasteiger partial charge in [0.25, 0.3) is 5.91 Å². The summed E-state index contributed by atoms with van der Waals surface area (Å²) in [6, 6.07) is 19.1. The fraction of sp³-hybridized carbons (Fsp3) is 0.250. The van der Waals surface area contributed by atoms with Gasteiger partial charge < -0.3 is 19.5 Å². The Bertz CT molecular complexity index is 1320. The van der Waals surface area contributed by atoms with Crippen molar-refractivity contribution >= 4 is 17.5 Å². The lowest BCUT2D eigenvalue weighted by Gasteiger charge is -2.08. The van der Waals surface area contributed by atoms with Crippen molar-refractivity contribution in [2.45, 2.75) is 46.6 Å². The molecule has 0 aliphatic carbocycles. The average Bonchev–Trinajstić information content (AvgIpc) is 3.39. The van der Waals surface area contributed by atoms with Crippen LogP contribution < -0.4 is 10.6 Å². The fourth-order valence-corrected chi connectivity index (χ4v) is 3.90. The number of para-hydroxylation sites is 1. The van der Waals surface area contributed by atoms with Crippen molar-refractivity contribution in [3.8, 4) is 11.5 Å². The number of anilines is 1. The van der Waals surface area contributed by atoms with Crippen molar-refractivity contribution in [1.29, 1.82) is 0 Å². The van der Waals surface area contributed by atoms with E-state index in [1.165, 1.54) is 5.56 Å². The molecule has 0 spiro atoms. The molecule has 7 heteroatoms. The Morgan fingerprint density at radius 2 is 1.66 bits per heavy atom. The predicted molar refractivity (Wildman–Crippen MR) is 134 cm³/mol. The summed E-state index contributed by atoms with van der Waals surface area (Å²) < 4.78 is 11.4. The number of rotatable bonds is 9. The quantitative estimate of drug-likeness (QED) is 0.324. The van der Waals surface area contributed by atoms with Crippen molar-refractivity contribution in [3.63, 3.8) is 0 Å². The average molecular weight is 472 g/mol. The molecular formula is C28H29N3O4. The number of oxazole rings is 1. The van der Waals surface area contributed by atoms with E-state index in [0.717, 1.165) is 12.8 Å². The zero-order chi connectivity index (χ0) is 24.8. The Labute approximate surface area is 204 Å². The van der Waals surface area contributed by atoms with Gasteiger partial charge in [-0.15, -0.1) is 0 Å². The summed E-state index contributed by atoms with van der Waals surface area (Å²) in [5, 5.41) is 5.85. The topological polar surface area (TPSA) is 97.4 Å². The molecule has 0 fully saturated rings. The van der Waals surface area contributed by atoms with Crippen molar-refractivity contribution in [2.24, 2.45) is 0 Å². The molecule has 2 amide bonds. The van der Waals surface area contributed by atoms with Crippen LogP contribution in [0.3, 0.4) is 0 Å². The van der Waals surface area contributed by atoms with Crippen LogP contribution in [0.2, 0.25) is 0 Å². The molecule has 4 aromatic rings. The highest BCUT2D eigenvalue weighted by Gasteiger charge is 2.19. The summed E-state index contributed by atoms with van der Waals surface area (Å²) in [5.41, 5.74) is 3.59. The summed E-state index contributed by atoms with van der Waals surface area (Å²) in [7, 11) is 0. The Hall–Kier alpha value is -4.13. The van der Waals surface area contributed by atoms with Crippen molar-refractivity contribution < 1.29 is 18.4 Å². The van der Waals surface area contributed by atoms with Gasteiger partial charge in [-0.25, -0.2) is 4.98 Å². The zero-order valence-electron chi connectivity index (χ0n) is 20.2. The first-order valence-corrected chi connectivity index (χ1v) is 11.7. The van der Waals surface area contributed by atoms with Gasteiger partial charge in [0.2, 0.25) is 11.8 Å². The lowest BCUT2D eigenvalue weighted by atomic mass is 10.1. The standard InChI is InChI=1S/C28H29N3O4/c1-18-16-23(19(2)34-18)27(33)30-24-14-8-7-13-22(24)28-31-25(20(3)35-28)17-29-26(32)15-9-12-21-10-5-4-6-11-21/h4-8,10-11,13-14,16H,9,12,15,17H2,1-3H3,(H,29,32)(H,30,33). The zero-order valence-corrected chi connectivity index (χ0v) is 20.2. The van der Waals surface area contributed by atoms with E-state index in [0.29, 0.717) is 52.1 Å². The van der Waals surface area contributed by atoms with Gasteiger partial charge in [0, 0.05) is 6.42 Å². The largest absolute Gasteiger partial charge is 0.466 e. The molecule has 4 rings (SSSR count). The molecule has 0 saturated heterocycles. The minimum Gasteiger partial charge on any atom is -0.466 e. The van der Waals surface area contributed by atoms with Crippen LogP contribution in [-0.4, -0.2) is 16.8 Å². The molecule has 0 unspecified atom stereocenters. The van der Waals surface area contributed by atoms with Gasteiger partial charge in [-0.1, -0.05) is 42.5 Å². The number of aromatic nitrogens is 1. The SMILES string of the molecule is Cc1cc(C(=O)Nc2ccccc2-c2nc(CNC(=O)CCCc3ccccc3)c(C)o2)c(C)o1. The highest BCUT2D eigenvalue weighted by Crippen LogP contribution is 2.29. The van der Waals surface area contributed by atoms with E-state index in [9.17, 15) is 9.59 Å². The lowest BCUT2D eigenvalue weighted by molar-refractivity contribution is -0.121. The molecule has 180 valence electrons. The summed E-state index contributed by atoms with van der Waals surface area (Å²) in [4.78, 5) is 29.7. The minimum atomic E-state index is -0.266. The Morgan fingerprint density at radius 1 is 0.914 bits per heavy atom. The third-order valence-electron chi connectivity index (χ3n) is 5.75. The summed E-state index contributed by atoms with van der Waals surface area (Å²) >= 11 is 0. The van der Waals surface area contributed by atoms with Crippen LogP contribution in [0.1, 0.15) is 51.7 Å². The van der Waals surface area contributed by atoms with Crippen LogP contribution in [0.4, 0.5) is 5.69 Å². The lowest BCUT2D eigenvalue weighted by Crippen LogP contribution is -2.23. The summed E-state index contributed by atoms with van der Waals surface area (Å²) in [6.45, 7) is 5.65. The Morgan fingerprint density at radius 3 is 2.40 bits per heavy atom. The Kier molecular flexibility index (Phi) is 7.45. The van der Waals surface area contributed by atoms with E-state index in [1.54, 1.807) is 26.0 Å². The van der Waals surface area contributed by atoms with E-state index in [-0.39, 0.29) is 18.4 Å². The number of benzene rings is 2. The molecule has 0 radical (unpaired) electrons. The molecule has 2 heterocycles. The maximum atomic E-state index is 12.8. The second-order valence-corrected chi connectivity index (χ2v) is 8.46. The first-order valence-electron chi connectivity index (χ1n) is 11.7. The van der Waals surface area contributed by atoms with Crippen LogP contribution in [0.25, 0.3) is 11.5 Å². The number of hydrogen-bond donors (Lipinski definition) is 2. The third-order valence-corrected chi connectivity index (χ3v) is 5.75. The molecule has 0 saturated carbocycles. The number of aryl methyl sites for hydroxylation is 4.